The Kier molecular flexibility index (Phi) is 23.9. The van der Waals surface area contributed by atoms with Crippen LogP contribution in [0.25, 0.3) is 0 Å². The van der Waals surface area contributed by atoms with E-state index in [-0.39, 0.29) is 5.91 Å². The topological polar surface area (TPSA) is 104 Å². The van der Waals surface area contributed by atoms with Crippen LogP contribution in [0.1, 0.15) is 129 Å². The number of amides is 1. The number of nitrogens with one attached hydrogen (secondary N) is 1. The van der Waals surface area contributed by atoms with Crippen molar-refractivity contribution in [2.24, 2.45) is 0 Å². The van der Waals surface area contributed by atoms with E-state index in [2.05, 4.69) is 55.6 Å². The fourth-order valence-electron chi connectivity index (χ4n) is 4.17. The Balaban J connectivity index is 4.03. The normalized spacial score (nSPS) is 14.2. The number of unbranched alkanes of at least 4 members (excludes halogenated alkanes) is 11. The van der Waals surface area contributed by atoms with Gasteiger partial charge in [-0.2, -0.15) is 8.42 Å². The lowest BCUT2D eigenvalue weighted by Gasteiger charge is -2.23. The highest BCUT2D eigenvalue weighted by atomic mass is 32.2. The molecule has 0 spiro atoms. The molecule has 0 radical (unpaired) electrons. The molecule has 0 rings (SSSR count). The molecule has 0 fully saturated rings. The second kappa shape index (κ2) is 24.9. The average molecular weight is 542 g/mol. The maximum absolute atomic E-state index is 12.3. The summed E-state index contributed by atoms with van der Waals surface area (Å²) in [6.07, 6.45) is 29.6. The average Bonchev–Trinajstić information content (AvgIpc) is 2.84. The molecule has 0 aromatic rings. The van der Waals surface area contributed by atoms with Gasteiger partial charge in [0.2, 0.25) is 5.91 Å². The SMILES string of the molecule is CC/C=C\C/C=C\C/C=C\CCCCCCCC(=O)NC(CS(=O)(=O)O)C(O)CCCCCCCCC. The smallest absolute Gasteiger partial charge is 0.266 e. The van der Waals surface area contributed by atoms with Crippen molar-refractivity contribution in [1.82, 2.24) is 5.32 Å². The van der Waals surface area contributed by atoms with Gasteiger partial charge in [0.05, 0.1) is 17.9 Å². The molecule has 216 valence electrons. The Morgan fingerprint density at radius 3 is 1.92 bits per heavy atom. The number of aliphatic hydroxyl groups excluding tert-OH is 1. The summed E-state index contributed by atoms with van der Waals surface area (Å²) in [5.74, 6) is -0.927. The zero-order chi connectivity index (χ0) is 27.6. The molecule has 2 atom stereocenters. The lowest BCUT2D eigenvalue weighted by molar-refractivity contribution is -0.122. The second-order valence-corrected chi connectivity index (χ2v) is 11.5. The molecule has 0 bridgehead atoms. The molecule has 0 aliphatic heterocycles. The van der Waals surface area contributed by atoms with E-state index in [1.54, 1.807) is 0 Å². The van der Waals surface area contributed by atoms with Crippen LogP contribution in [0.15, 0.2) is 36.5 Å². The molecule has 0 aliphatic rings. The number of hydrogen-bond acceptors (Lipinski definition) is 4. The standard InChI is InChI=1S/C30H55NO5S/c1-3-5-7-9-11-12-13-14-15-16-17-18-20-22-24-26-30(33)31-28(27-37(34,35)36)29(32)25-23-21-19-10-8-6-4-2/h5,7,11-12,14-15,28-29,32H,3-4,6,8-10,13,16-27H2,1-2H3,(H,31,33)(H,34,35,36)/b7-5-,12-11-,15-14-. The summed E-state index contributed by atoms with van der Waals surface area (Å²) in [7, 11) is -4.30. The van der Waals surface area contributed by atoms with Crippen molar-refractivity contribution in [1.29, 1.82) is 0 Å². The Morgan fingerprint density at radius 2 is 1.30 bits per heavy atom. The van der Waals surface area contributed by atoms with Gasteiger partial charge in [0.25, 0.3) is 10.1 Å². The van der Waals surface area contributed by atoms with Crippen molar-refractivity contribution in [3.05, 3.63) is 36.5 Å². The van der Waals surface area contributed by atoms with Gasteiger partial charge < -0.3 is 10.4 Å². The van der Waals surface area contributed by atoms with Crippen LogP contribution in [0.4, 0.5) is 0 Å². The van der Waals surface area contributed by atoms with E-state index in [0.717, 1.165) is 77.0 Å². The number of rotatable bonds is 25. The Hall–Kier alpha value is -1.44. The summed E-state index contributed by atoms with van der Waals surface area (Å²) < 4.78 is 32.0. The molecule has 0 aromatic carbocycles. The van der Waals surface area contributed by atoms with Gasteiger partial charge in [-0.05, 0) is 44.9 Å². The first-order chi connectivity index (χ1) is 17.8. The van der Waals surface area contributed by atoms with Crippen LogP contribution in [-0.4, -0.2) is 41.9 Å². The highest BCUT2D eigenvalue weighted by Gasteiger charge is 2.25. The Labute approximate surface area is 227 Å². The van der Waals surface area contributed by atoms with Crippen LogP contribution in [0.3, 0.4) is 0 Å². The molecular formula is C30H55NO5S. The minimum atomic E-state index is -4.30. The van der Waals surface area contributed by atoms with Crippen LogP contribution < -0.4 is 5.32 Å². The van der Waals surface area contributed by atoms with Crippen LogP contribution in [0, 0.1) is 0 Å². The summed E-state index contributed by atoms with van der Waals surface area (Å²) in [4.78, 5) is 12.3. The predicted molar refractivity (Wildman–Crippen MR) is 156 cm³/mol. The van der Waals surface area contributed by atoms with E-state index in [1.165, 1.54) is 25.7 Å². The van der Waals surface area contributed by atoms with E-state index in [0.29, 0.717) is 12.8 Å². The monoisotopic (exact) mass is 541 g/mol. The molecule has 37 heavy (non-hydrogen) atoms. The van der Waals surface area contributed by atoms with E-state index in [4.69, 9.17) is 0 Å². The van der Waals surface area contributed by atoms with Crippen molar-refractivity contribution in [2.45, 2.75) is 142 Å². The molecular weight excluding hydrogens is 486 g/mol. The highest BCUT2D eigenvalue weighted by molar-refractivity contribution is 7.85. The van der Waals surface area contributed by atoms with Crippen molar-refractivity contribution < 1.29 is 22.9 Å². The third-order valence-electron chi connectivity index (χ3n) is 6.36. The fourth-order valence-corrected chi connectivity index (χ4v) is 4.93. The van der Waals surface area contributed by atoms with Gasteiger partial charge in [-0.25, -0.2) is 0 Å². The molecule has 6 nitrogen and oxygen atoms in total. The molecule has 3 N–H and O–H groups in total. The molecule has 0 aromatic heterocycles. The molecule has 1 amide bonds. The maximum atomic E-state index is 12.3. The van der Waals surface area contributed by atoms with E-state index in [1.807, 2.05) is 0 Å². The van der Waals surface area contributed by atoms with Gasteiger partial charge in [0.15, 0.2) is 0 Å². The lowest BCUT2D eigenvalue weighted by atomic mass is 10.0. The molecule has 2 unspecified atom stereocenters. The van der Waals surface area contributed by atoms with Crippen LogP contribution in [0.2, 0.25) is 0 Å². The van der Waals surface area contributed by atoms with Gasteiger partial charge in [-0.3, -0.25) is 9.35 Å². The predicted octanol–water partition coefficient (Wildman–Crippen LogP) is 7.45. The molecule has 0 saturated heterocycles. The first kappa shape index (κ1) is 35.6. The fraction of sp³-hybridized carbons (Fsp3) is 0.767. The van der Waals surface area contributed by atoms with E-state index >= 15 is 0 Å². The highest BCUT2D eigenvalue weighted by Crippen LogP contribution is 2.13. The summed E-state index contributed by atoms with van der Waals surface area (Å²) in [6.45, 7) is 4.31. The van der Waals surface area contributed by atoms with Crippen molar-refractivity contribution in [3.8, 4) is 0 Å². The number of allylic oxidation sites excluding steroid dienone is 6. The summed E-state index contributed by atoms with van der Waals surface area (Å²) >= 11 is 0. The van der Waals surface area contributed by atoms with Crippen LogP contribution in [-0.2, 0) is 14.9 Å². The van der Waals surface area contributed by atoms with Gasteiger partial charge in [0.1, 0.15) is 0 Å². The summed E-state index contributed by atoms with van der Waals surface area (Å²) in [5, 5.41) is 13.1. The Morgan fingerprint density at radius 1 is 0.757 bits per heavy atom. The second-order valence-electron chi connectivity index (χ2n) is 10.0. The minimum Gasteiger partial charge on any atom is -0.391 e. The quantitative estimate of drug-likeness (QED) is 0.0632. The van der Waals surface area contributed by atoms with Gasteiger partial charge >= 0.3 is 0 Å². The van der Waals surface area contributed by atoms with Gasteiger partial charge in [-0.15, -0.1) is 0 Å². The molecule has 0 heterocycles. The van der Waals surface area contributed by atoms with Gasteiger partial charge in [-0.1, -0.05) is 115 Å². The van der Waals surface area contributed by atoms with Gasteiger partial charge in [0, 0.05) is 6.42 Å². The number of carbonyl (C=O) groups is 1. The molecule has 0 aliphatic carbocycles. The first-order valence-electron chi connectivity index (χ1n) is 14.7. The zero-order valence-electron chi connectivity index (χ0n) is 23.6. The zero-order valence-corrected chi connectivity index (χ0v) is 24.4. The third-order valence-corrected chi connectivity index (χ3v) is 7.14. The Bertz CT molecular complexity index is 730. The first-order valence-corrected chi connectivity index (χ1v) is 16.3. The van der Waals surface area contributed by atoms with E-state index in [9.17, 15) is 22.9 Å². The molecule has 0 saturated carbocycles. The summed E-state index contributed by atoms with van der Waals surface area (Å²) in [5.41, 5.74) is 0. The van der Waals surface area contributed by atoms with Crippen LogP contribution >= 0.6 is 0 Å². The molecule has 7 heteroatoms. The number of hydrogen-bond donors (Lipinski definition) is 3. The van der Waals surface area contributed by atoms with Crippen molar-refractivity contribution in [2.75, 3.05) is 5.75 Å². The lowest BCUT2D eigenvalue weighted by Crippen LogP contribution is -2.47. The van der Waals surface area contributed by atoms with E-state index < -0.39 is 28.0 Å². The number of aliphatic hydroxyl groups is 1. The minimum absolute atomic E-state index is 0.270. The van der Waals surface area contributed by atoms with Crippen molar-refractivity contribution in [3.63, 3.8) is 0 Å². The largest absolute Gasteiger partial charge is 0.391 e. The maximum Gasteiger partial charge on any atom is 0.266 e. The number of carbonyl (C=O) groups excluding carboxylic acids is 1. The van der Waals surface area contributed by atoms with Crippen molar-refractivity contribution >= 4 is 16.0 Å². The van der Waals surface area contributed by atoms with Crippen LogP contribution in [0.5, 0.6) is 0 Å². The summed E-state index contributed by atoms with van der Waals surface area (Å²) in [6, 6.07) is -0.975. The third kappa shape index (κ3) is 26.0.